The van der Waals surface area contributed by atoms with Crippen molar-refractivity contribution in [2.75, 3.05) is 10.6 Å². The highest BCUT2D eigenvalue weighted by Gasteiger charge is 2.34. The summed E-state index contributed by atoms with van der Waals surface area (Å²) in [6.07, 6.45) is 0. The molecular weight excluding hydrogens is 340 g/mol. The second kappa shape index (κ2) is 6.68. The van der Waals surface area contributed by atoms with Gasteiger partial charge in [0.25, 0.3) is 5.91 Å². The first-order chi connectivity index (χ1) is 13.1. The van der Waals surface area contributed by atoms with Crippen molar-refractivity contribution in [3.8, 4) is 0 Å². The average Bonchev–Trinajstić information content (AvgIpc) is 3.13. The van der Waals surface area contributed by atoms with E-state index in [2.05, 4.69) is 26.2 Å². The lowest BCUT2D eigenvalue weighted by atomic mass is 9.95. The van der Waals surface area contributed by atoms with Crippen LogP contribution in [-0.2, 0) is 4.79 Å². The zero-order valence-electron chi connectivity index (χ0n) is 15.4. The number of carbonyl (C=O) groups is 1. The van der Waals surface area contributed by atoms with Crippen LogP contribution in [-0.4, -0.2) is 26.1 Å². The molecule has 0 fully saturated rings. The van der Waals surface area contributed by atoms with Crippen molar-refractivity contribution in [1.29, 1.82) is 0 Å². The summed E-state index contributed by atoms with van der Waals surface area (Å²) in [6.45, 7) is 5.89. The molecule has 2 heterocycles. The molecule has 3 aromatic rings. The van der Waals surface area contributed by atoms with Crippen LogP contribution in [0.3, 0.4) is 0 Å². The van der Waals surface area contributed by atoms with Crippen molar-refractivity contribution >= 4 is 17.5 Å². The van der Waals surface area contributed by atoms with Crippen molar-refractivity contribution in [3.05, 3.63) is 76.5 Å². The second-order valence-corrected chi connectivity index (χ2v) is 6.63. The maximum atomic E-state index is 13.3. The van der Waals surface area contributed by atoms with Crippen molar-refractivity contribution in [2.24, 2.45) is 0 Å². The van der Waals surface area contributed by atoms with Gasteiger partial charge in [-0.05, 0) is 54.0 Å². The molecule has 2 N–H and O–H groups in total. The van der Waals surface area contributed by atoms with E-state index in [1.54, 1.807) is 4.68 Å². The molecule has 1 aliphatic heterocycles. The summed E-state index contributed by atoms with van der Waals surface area (Å²) in [5.41, 5.74) is 5.23. The van der Waals surface area contributed by atoms with Gasteiger partial charge in [0.1, 0.15) is 6.04 Å². The molecule has 1 atom stereocenters. The number of benzene rings is 2. The largest absolute Gasteiger partial charge is 0.326 e. The lowest BCUT2D eigenvalue weighted by molar-refractivity contribution is -0.113. The molecule has 1 aromatic heterocycles. The Kier molecular flexibility index (Phi) is 4.19. The number of rotatable bonds is 3. The average molecular weight is 360 g/mol. The Morgan fingerprint density at radius 1 is 1.07 bits per heavy atom. The molecule has 1 aliphatic rings. The monoisotopic (exact) mass is 360 g/mol. The summed E-state index contributed by atoms with van der Waals surface area (Å²) in [7, 11) is 0. The molecule has 27 heavy (non-hydrogen) atoms. The molecule has 0 spiro atoms. The minimum atomic E-state index is -0.400. The molecule has 0 aliphatic carbocycles. The summed E-state index contributed by atoms with van der Waals surface area (Å²) >= 11 is 0. The van der Waals surface area contributed by atoms with E-state index in [0.717, 1.165) is 28.1 Å². The fourth-order valence-electron chi connectivity index (χ4n) is 3.33. The van der Waals surface area contributed by atoms with Gasteiger partial charge >= 0.3 is 0 Å². The molecule has 0 radical (unpaired) electrons. The topological polar surface area (TPSA) is 84.7 Å². The molecule has 1 unspecified atom stereocenters. The summed E-state index contributed by atoms with van der Waals surface area (Å²) in [5.74, 6) is 0.341. The van der Waals surface area contributed by atoms with E-state index >= 15 is 0 Å². The highest BCUT2D eigenvalue weighted by molar-refractivity contribution is 6.06. The van der Waals surface area contributed by atoms with Gasteiger partial charge in [0, 0.05) is 11.4 Å². The third kappa shape index (κ3) is 2.97. The summed E-state index contributed by atoms with van der Waals surface area (Å²) in [6, 6.07) is 15.2. The summed E-state index contributed by atoms with van der Waals surface area (Å²) in [4.78, 5) is 13.3. The molecule has 7 heteroatoms. The van der Waals surface area contributed by atoms with Gasteiger partial charge in [0.15, 0.2) is 0 Å². The Bertz CT molecular complexity index is 1040. The van der Waals surface area contributed by atoms with Crippen LogP contribution in [0, 0.1) is 13.8 Å². The molecule has 0 bridgehead atoms. The Labute approximate surface area is 157 Å². The van der Waals surface area contributed by atoms with E-state index in [1.807, 2.05) is 69.3 Å². The molecule has 0 saturated heterocycles. The van der Waals surface area contributed by atoms with Crippen LogP contribution in [0.15, 0.2) is 59.8 Å². The maximum absolute atomic E-state index is 13.3. The molecular formula is C20H20N6O. The van der Waals surface area contributed by atoms with Crippen LogP contribution in [0.2, 0.25) is 0 Å². The Balaban J connectivity index is 1.77. The quantitative estimate of drug-likeness (QED) is 0.749. The first kappa shape index (κ1) is 17.0. The van der Waals surface area contributed by atoms with Crippen LogP contribution < -0.4 is 10.6 Å². The van der Waals surface area contributed by atoms with Crippen LogP contribution in [0.1, 0.15) is 29.7 Å². The molecule has 1 amide bonds. The van der Waals surface area contributed by atoms with E-state index in [1.165, 1.54) is 0 Å². The fraction of sp³-hybridized carbons (Fsp3) is 0.200. The minimum absolute atomic E-state index is 0.177. The van der Waals surface area contributed by atoms with E-state index in [4.69, 9.17) is 0 Å². The van der Waals surface area contributed by atoms with Gasteiger partial charge in [-0.15, -0.1) is 0 Å². The summed E-state index contributed by atoms with van der Waals surface area (Å²) in [5, 5.41) is 18.1. The number of carbonyl (C=O) groups excluding carboxylic acids is 1. The third-order valence-corrected chi connectivity index (χ3v) is 4.93. The van der Waals surface area contributed by atoms with Gasteiger partial charge in [0.05, 0.1) is 5.57 Å². The number of allylic oxidation sites excluding steroid dienone is 1. The molecule has 2 aromatic carbocycles. The van der Waals surface area contributed by atoms with Gasteiger partial charge < -0.3 is 10.6 Å². The van der Waals surface area contributed by atoms with Crippen molar-refractivity contribution in [3.63, 3.8) is 0 Å². The molecule has 4 rings (SSSR count). The lowest BCUT2D eigenvalue weighted by Crippen LogP contribution is -2.31. The number of hydrogen-bond donors (Lipinski definition) is 2. The zero-order chi connectivity index (χ0) is 19.0. The van der Waals surface area contributed by atoms with Crippen LogP contribution in [0.4, 0.5) is 11.6 Å². The summed E-state index contributed by atoms with van der Waals surface area (Å²) < 4.78 is 1.64. The van der Waals surface area contributed by atoms with Crippen molar-refractivity contribution in [2.45, 2.75) is 26.8 Å². The Hall–Kier alpha value is -3.48. The molecule has 0 saturated carbocycles. The third-order valence-electron chi connectivity index (χ3n) is 4.93. The van der Waals surface area contributed by atoms with Gasteiger partial charge in [0.2, 0.25) is 5.95 Å². The number of anilines is 2. The number of nitrogens with zero attached hydrogens (tertiary/aromatic N) is 4. The standard InChI is InChI=1S/C20H20N6O/c1-12-8-7-11-16(13(12)2)22-19(27)17-14(3)21-20-23-24-25-26(20)18(17)15-9-5-4-6-10-15/h4-11,18H,1-3H3,(H,22,27)(H,21,23,25). The van der Waals surface area contributed by atoms with E-state index in [9.17, 15) is 4.79 Å². The number of aromatic nitrogens is 4. The Morgan fingerprint density at radius 2 is 1.85 bits per heavy atom. The van der Waals surface area contributed by atoms with Crippen LogP contribution in [0.5, 0.6) is 0 Å². The minimum Gasteiger partial charge on any atom is -0.326 e. The predicted octanol–water partition coefficient (Wildman–Crippen LogP) is 3.22. The number of nitrogens with one attached hydrogen (secondary N) is 2. The van der Waals surface area contributed by atoms with Crippen molar-refractivity contribution < 1.29 is 4.79 Å². The van der Waals surface area contributed by atoms with Crippen molar-refractivity contribution in [1.82, 2.24) is 20.2 Å². The normalized spacial score (nSPS) is 15.9. The number of amides is 1. The van der Waals surface area contributed by atoms with Gasteiger partial charge in [-0.1, -0.05) is 47.6 Å². The van der Waals surface area contributed by atoms with E-state index in [0.29, 0.717) is 11.5 Å². The predicted molar refractivity (Wildman–Crippen MR) is 103 cm³/mol. The highest BCUT2D eigenvalue weighted by Crippen LogP contribution is 2.35. The smallest absolute Gasteiger partial charge is 0.255 e. The fourth-order valence-corrected chi connectivity index (χ4v) is 3.33. The van der Waals surface area contributed by atoms with E-state index < -0.39 is 6.04 Å². The SMILES string of the molecule is CC1=C(C(=O)Nc2cccc(C)c2C)C(c2ccccc2)n2nnnc2N1. The van der Waals surface area contributed by atoms with Crippen LogP contribution in [0.25, 0.3) is 0 Å². The van der Waals surface area contributed by atoms with Gasteiger partial charge in [-0.3, -0.25) is 4.79 Å². The maximum Gasteiger partial charge on any atom is 0.255 e. The van der Waals surface area contributed by atoms with Gasteiger partial charge in [-0.2, -0.15) is 4.68 Å². The highest BCUT2D eigenvalue weighted by atomic mass is 16.1. The number of hydrogen-bond acceptors (Lipinski definition) is 5. The molecule has 136 valence electrons. The first-order valence-electron chi connectivity index (χ1n) is 8.74. The number of tetrazole rings is 1. The Morgan fingerprint density at radius 3 is 2.63 bits per heavy atom. The second-order valence-electron chi connectivity index (χ2n) is 6.63. The molecule has 7 nitrogen and oxygen atoms in total. The van der Waals surface area contributed by atoms with E-state index in [-0.39, 0.29) is 5.91 Å². The first-order valence-corrected chi connectivity index (χ1v) is 8.74. The lowest BCUT2D eigenvalue weighted by Gasteiger charge is -2.28. The number of aryl methyl sites for hydroxylation is 1. The number of fused-ring (bicyclic) bond motifs is 1. The van der Waals surface area contributed by atoms with Gasteiger partial charge in [-0.25, -0.2) is 0 Å². The zero-order valence-corrected chi connectivity index (χ0v) is 15.4. The van der Waals surface area contributed by atoms with Crippen LogP contribution >= 0.6 is 0 Å².